The van der Waals surface area contributed by atoms with E-state index in [0.29, 0.717) is 28.2 Å². The lowest BCUT2D eigenvalue weighted by Gasteiger charge is -2.18. The molecule has 0 aliphatic rings. The minimum atomic E-state index is -0.482. The van der Waals surface area contributed by atoms with Gasteiger partial charge in [-0.2, -0.15) is 0 Å². The summed E-state index contributed by atoms with van der Waals surface area (Å²) in [6, 6.07) is 14.8. The van der Waals surface area contributed by atoms with Gasteiger partial charge in [0.05, 0.1) is 14.2 Å². The van der Waals surface area contributed by atoms with Crippen molar-refractivity contribution in [2.24, 2.45) is 0 Å². The van der Waals surface area contributed by atoms with Crippen molar-refractivity contribution in [3.8, 4) is 23.0 Å². The number of carbonyl (C=O) groups is 1. The molecule has 0 N–H and O–H groups in total. The molecule has 0 unspecified atom stereocenters. The number of ether oxygens (including phenoxy) is 2. The van der Waals surface area contributed by atoms with Gasteiger partial charge in [0.2, 0.25) is 11.8 Å². The highest BCUT2D eigenvalue weighted by Gasteiger charge is 2.26. The Hall–Kier alpha value is -3.00. The Bertz CT molecular complexity index is 921. The average Bonchev–Trinajstić information content (AvgIpc) is 3.20. The first kappa shape index (κ1) is 19.8. The van der Waals surface area contributed by atoms with Gasteiger partial charge in [0.1, 0.15) is 16.7 Å². The standard InChI is InChI=1S/C20H21N3O4S/c1-23(2)19(24)17(13-8-6-5-7-9-13)28-20-22-21-18(27-20)14-10-15(25-3)12-16(11-14)26-4/h5-12,17H,1-4H3/t17-/m1/s1. The van der Waals surface area contributed by atoms with E-state index in [0.717, 1.165) is 5.56 Å². The number of rotatable bonds is 7. The summed E-state index contributed by atoms with van der Waals surface area (Å²) in [5, 5.41) is 8.04. The van der Waals surface area contributed by atoms with Crippen molar-refractivity contribution in [1.82, 2.24) is 15.1 Å². The molecular weight excluding hydrogens is 378 g/mol. The van der Waals surface area contributed by atoms with E-state index in [4.69, 9.17) is 13.9 Å². The van der Waals surface area contributed by atoms with Crippen LogP contribution < -0.4 is 9.47 Å². The molecule has 0 bridgehead atoms. The maximum Gasteiger partial charge on any atom is 0.277 e. The Labute approximate surface area is 167 Å². The van der Waals surface area contributed by atoms with E-state index in [9.17, 15) is 4.79 Å². The highest BCUT2D eigenvalue weighted by Crippen LogP contribution is 2.37. The van der Waals surface area contributed by atoms with Gasteiger partial charge in [-0.3, -0.25) is 4.79 Å². The number of hydrogen-bond donors (Lipinski definition) is 0. The molecule has 146 valence electrons. The zero-order valence-corrected chi connectivity index (χ0v) is 16.9. The number of methoxy groups -OCH3 is 2. The predicted molar refractivity (Wildman–Crippen MR) is 107 cm³/mol. The minimum Gasteiger partial charge on any atom is -0.497 e. The number of hydrogen-bond acceptors (Lipinski definition) is 7. The van der Waals surface area contributed by atoms with Crippen LogP contribution in [-0.4, -0.2) is 49.3 Å². The van der Waals surface area contributed by atoms with Crippen LogP contribution in [0.15, 0.2) is 58.2 Å². The summed E-state index contributed by atoms with van der Waals surface area (Å²) in [4.78, 5) is 14.2. The van der Waals surface area contributed by atoms with Crippen molar-refractivity contribution in [3.63, 3.8) is 0 Å². The van der Waals surface area contributed by atoms with Gasteiger partial charge in [-0.05, 0) is 29.5 Å². The average molecular weight is 399 g/mol. The van der Waals surface area contributed by atoms with Gasteiger partial charge >= 0.3 is 0 Å². The summed E-state index contributed by atoms with van der Waals surface area (Å²) in [6.07, 6.45) is 0. The first-order valence-electron chi connectivity index (χ1n) is 8.51. The zero-order valence-electron chi connectivity index (χ0n) is 16.1. The first-order chi connectivity index (χ1) is 13.5. The summed E-state index contributed by atoms with van der Waals surface area (Å²) in [7, 11) is 6.59. The van der Waals surface area contributed by atoms with Gasteiger partial charge in [0.15, 0.2) is 0 Å². The molecular formula is C20H21N3O4S. The van der Waals surface area contributed by atoms with Crippen molar-refractivity contribution in [2.45, 2.75) is 10.5 Å². The minimum absolute atomic E-state index is 0.0565. The summed E-state index contributed by atoms with van der Waals surface area (Å²) in [6.45, 7) is 0. The van der Waals surface area contributed by atoms with Crippen LogP contribution in [0.3, 0.4) is 0 Å². The fraction of sp³-hybridized carbons (Fsp3) is 0.250. The Morgan fingerprint density at radius 2 is 1.68 bits per heavy atom. The number of carbonyl (C=O) groups excluding carboxylic acids is 1. The molecule has 0 aliphatic heterocycles. The normalized spacial score (nSPS) is 11.7. The van der Waals surface area contributed by atoms with Crippen LogP contribution >= 0.6 is 11.8 Å². The quantitative estimate of drug-likeness (QED) is 0.561. The molecule has 0 aliphatic carbocycles. The van der Waals surface area contributed by atoms with Crippen LogP contribution in [0.25, 0.3) is 11.5 Å². The fourth-order valence-electron chi connectivity index (χ4n) is 2.53. The lowest BCUT2D eigenvalue weighted by molar-refractivity contribution is -0.128. The van der Waals surface area contributed by atoms with Crippen molar-refractivity contribution in [1.29, 1.82) is 0 Å². The number of thioether (sulfide) groups is 1. The SMILES string of the molecule is COc1cc(OC)cc(-c2nnc(S[C@@H](C(=O)N(C)C)c3ccccc3)o2)c1. The molecule has 8 heteroatoms. The third kappa shape index (κ3) is 4.45. The summed E-state index contributed by atoms with van der Waals surface area (Å²) < 4.78 is 16.4. The van der Waals surface area contributed by atoms with Crippen molar-refractivity contribution < 1.29 is 18.7 Å². The van der Waals surface area contributed by atoms with E-state index < -0.39 is 5.25 Å². The lowest BCUT2D eigenvalue weighted by Crippen LogP contribution is -2.26. The van der Waals surface area contributed by atoms with Crippen LogP contribution in [0.4, 0.5) is 0 Å². The van der Waals surface area contributed by atoms with E-state index in [2.05, 4.69) is 10.2 Å². The highest BCUT2D eigenvalue weighted by atomic mass is 32.2. The first-order valence-corrected chi connectivity index (χ1v) is 9.39. The Morgan fingerprint density at radius 1 is 1.04 bits per heavy atom. The Morgan fingerprint density at radius 3 is 2.25 bits per heavy atom. The van der Waals surface area contributed by atoms with Gasteiger partial charge < -0.3 is 18.8 Å². The molecule has 3 aromatic rings. The second-order valence-electron chi connectivity index (χ2n) is 6.12. The third-order valence-corrected chi connectivity index (χ3v) is 5.07. The molecule has 28 heavy (non-hydrogen) atoms. The molecule has 1 atom stereocenters. The van der Waals surface area contributed by atoms with E-state index in [-0.39, 0.29) is 5.91 Å². The van der Waals surface area contributed by atoms with Crippen LogP contribution in [0.5, 0.6) is 11.5 Å². The number of aromatic nitrogens is 2. The van der Waals surface area contributed by atoms with Crippen LogP contribution in [0.1, 0.15) is 10.8 Å². The summed E-state index contributed by atoms with van der Waals surface area (Å²) in [5.41, 5.74) is 1.54. The monoisotopic (exact) mass is 399 g/mol. The van der Waals surface area contributed by atoms with Crippen LogP contribution in [-0.2, 0) is 4.79 Å². The number of amides is 1. The van der Waals surface area contributed by atoms with E-state index >= 15 is 0 Å². The van der Waals surface area contributed by atoms with Gasteiger partial charge in [-0.1, -0.05) is 30.3 Å². The highest BCUT2D eigenvalue weighted by molar-refractivity contribution is 8.00. The van der Waals surface area contributed by atoms with Crippen molar-refractivity contribution in [2.75, 3.05) is 28.3 Å². The van der Waals surface area contributed by atoms with Gasteiger partial charge in [-0.25, -0.2) is 0 Å². The topological polar surface area (TPSA) is 77.7 Å². The number of benzene rings is 2. The molecule has 0 spiro atoms. The van der Waals surface area contributed by atoms with Gasteiger partial charge in [0.25, 0.3) is 5.22 Å². The van der Waals surface area contributed by atoms with E-state index in [1.165, 1.54) is 11.8 Å². The number of likely N-dealkylation sites (N-methyl/N-ethyl adjacent to an activating group) is 1. The summed E-state index contributed by atoms with van der Waals surface area (Å²) in [5.74, 6) is 1.50. The third-order valence-electron chi connectivity index (χ3n) is 3.99. The molecule has 3 rings (SSSR count). The second kappa shape index (κ2) is 8.79. The Balaban J connectivity index is 1.89. The maximum atomic E-state index is 12.7. The van der Waals surface area contributed by atoms with Gasteiger partial charge in [-0.15, -0.1) is 10.2 Å². The molecule has 1 heterocycles. The van der Waals surface area contributed by atoms with E-state index in [1.54, 1.807) is 51.4 Å². The molecule has 2 aromatic carbocycles. The van der Waals surface area contributed by atoms with Gasteiger partial charge in [0, 0.05) is 25.7 Å². The van der Waals surface area contributed by atoms with Crippen molar-refractivity contribution >= 4 is 17.7 Å². The van der Waals surface area contributed by atoms with Crippen molar-refractivity contribution in [3.05, 3.63) is 54.1 Å². The zero-order chi connectivity index (χ0) is 20.1. The fourth-order valence-corrected chi connectivity index (χ4v) is 3.55. The molecule has 1 aromatic heterocycles. The predicted octanol–water partition coefficient (Wildman–Crippen LogP) is 3.68. The van der Waals surface area contributed by atoms with E-state index in [1.807, 2.05) is 30.3 Å². The lowest BCUT2D eigenvalue weighted by atomic mass is 10.1. The molecule has 1 amide bonds. The maximum absolute atomic E-state index is 12.7. The second-order valence-corrected chi connectivity index (χ2v) is 7.17. The molecule has 0 saturated carbocycles. The molecule has 0 fully saturated rings. The Kier molecular flexibility index (Phi) is 6.20. The largest absolute Gasteiger partial charge is 0.497 e. The molecule has 0 radical (unpaired) electrons. The number of nitrogens with zero attached hydrogens (tertiary/aromatic N) is 3. The smallest absolute Gasteiger partial charge is 0.277 e. The molecule has 7 nitrogen and oxygen atoms in total. The van der Waals surface area contributed by atoms with Crippen LogP contribution in [0, 0.1) is 0 Å². The molecule has 0 saturated heterocycles. The summed E-state index contributed by atoms with van der Waals surface area (Å²) >= 11 is 1.22. The van der Waals surface area contributed by atoms with Crippen LogP contribution in [0.2, 0.25) is 0 Å².